The van der Waals surface area contributed by atoms with E-state index in [1.54, 1.807) is 25.4 Å². The molecule has 5 nitrogen and oxygen atoms in total. The van der Waals surface area contributed by atoms with Crippen LogP contribution in [-0.2, 0) is 13.2 Å². The monoisotopic (exact) mass is 435 g/mol. The van der Waals surface area contributed by atoms with Crippen LogP contribution in [0.15, 0.2) is 48.7 Å². The number of hydrogen-bond donors (Lipinski definition) is 0. The predicted octanol–water partition coefficient (Wildman–Crippen LogP) is 5.55. The second kappa shape index (κ2) is 10.1. The fourth-order valence-electron chi connectivity index (χ4n) is 4.30. The smallest absolute Gasteiger partial charge is 0.320 e. The van der Waals surface area contributed by atoms with Crippen molar-refractivity contribution in [3.05, 3.63) is 71.2 Å². The highest BCUT2D eigenvalue weighted by Gasteiger charge is 2.21. The number of benzene rings is 2. The van der Waals surface area contributed by atoms with E-state index in [1.165, 1.54) is 25.3 Å². The summed E-state index contributed by atoms with van der Waals surface area (Å²) in [6.45, 7) is 6.39. The number of ether oxygens (including phenoxy) is 2. The molecule has 4 rings (SSSR count). The number of halogens is 1. The number of aromatic nitrogens is 2. The normalized spacial score (nSPS) is 16.7. The van der Waals surface area contributed by atoms with Gasteiger partial charge >= 0.3 is 6.01 Å². The average Bonchev–Trinajstić information content (AvgIpc) is 2.81. The third kappa shape index (κ3) is 4.91. The molecular formula is C26H30FN3O2. The number of likely N-dealkylation sites (tertiary alicyclic amines) is 1. The molecule has 0 amide bonds. The third-order valence-corrected chi connectivity index (χ3v) is 6.28. The molecule has 2 heterocycles. The molecule has 3 aromatic rings. The Kier molecular flexibility index (Phi) is 7.00. The Balaban J connectivity index is 1.48. The van der Waals surface area contributed by atoms with Crippen LogP contribution in [0.25, 0.3) is 11.1 Å². The Morgan fingerprint density at radius 3 is 2.66 bits per heavy atom. The van der Waals surface area contributed by atoms with Crippen LogP contribution in [0.3, 0.4) is 0 Å². The highest BCUT2D eigenvalue weighted by molar-refractivity contribution is 5.69. The van der Waals surface area contributed by atoms with Gasteiger partial charge in [-0.05, 0) is 56.0 Å². The van der Waals surface area contributed by atoms with Crippen molar-refractivity contribution in [1.29, 1.82) is 0 Å². The zero-order valence-corrected chi connectivity index (χ0v) is 19.0. The van der Waals surface area contributed by atoms with Crippen LogP contribution in [0, 0.1) is 12.7 Å². The molecule has 1 fully saturated rings. The largest absolute Gasteiger partial charge is 0.481 e. The summed E-state index contributed by atoms with van der Waals surface area (Å²) >= 11 is 0. The average molecular weight is 436 g/mol. The van der Waals surface area contributed by atoms with E-state index in [2.05, 4.69) is 21.8 Å². The third-order valence-electron chi connectivity index (χ3n) is 6.28. The molecule has 32 heavy (non-hydrogen) atoms. The fraction of sp³-hybridized carbons (Fsp3) is 0.385. The summed E-state index contributed by atoms with van der Waals surface area (Å²) in [5.41, 5.74) is 4.33. The van der Waals surface area contributed by atoms with Gasteiger partial charge in [0.1, 0.15) is 12.4 Å². The maximum absolute atomic E-state index is 14.3. The molecule has 0 radical (unpaired) electrons. The molecular weight excluding hydrogens is 405 g/mol. The van der Waals surface area contributed by atoms with Crippen molar-refractivity contribution in [3.63, 3.8) is 0 Å². The maximum Gasteiger partial charge on any atom is 0.320 e. The molecule has 1 saturated heterocycles. The van der Waals surface area contributed by atoms with Crippen LogP contribution >= 0.6 is 0 Å². The van der Waals surface area contributed by atoms with Crippen molar-refractivity contribution in [2.75, 3.05) is 13.7 Å². The van der Waals surface area contributed by atoms with Crippen molar-refractivity contribution in [3.8, 4) is 23.0 Å². The van der Waals surface area contributed by atoms with Crippen molar-refractivity contribution in [2.24, 2.45) is 0 Å². The number of rotatable bonds is 7. The summed E-state index contributed by atoms with van der Waals surface area (Å²) in [6.07, 6.45) is 5.52. The number of hydrogen-bond acceptors (Lipinski definition) is 5. The lowest BCUT2D eigenvalue weighted by molar-refractivity contribution is 0.150. The van der Waals surface area contributed by atoms with Gasteiger partial charge in [0.2, 0.25) is 5.88 Å². The quantitative estimate of drug-likeness (QED) is 0.487. The number of piperidine rings is 1. The zero-order chi connectivity index (χ0) is 22.5. The molecule has 1 aromatic heterocycles. The van der Waals surface area contributed by atoms with E-state index in [0.29, 0.717) is 24.1 Å². The van der Waals surface area contributed by atoms with Crippen LogP contribution in [0.2, 0.25) is 0 Å². The summed E-state index contributed by atoms with van der Waals surface area (Å²) in [7, 11) is 1.62. The molecule has 2 aromatic carbocycles. The fourth-order valence-corrected chi connectivity index (χ4v) is 4.30. The summed E-state index contributed by atoms with van der Waals surface area (Å²) in [6, 6.07) is 13.4. The molecule has 1 atom stereocenters. The molecule has 168 valence electrons. The highest BCUT2D eigenvalue weighted by Crippen LogP contribution is 2.29. The molecule has 0 bridgehead atoms. The van der Waals surface area contributed by atoms with Gasteiger partial charge in [0.15, 0.2) is 0 Å². The van der Waals surface area contributed by atoms with Gasteiger partial charge in [-0.1, -0.05) is 42.8 Å². The van der Waals surface area contributed by atoms with Gasteiger partial charge in [0.05, 0.1) is 7.11 Å². The summed E-state index contributed by atoms with van der Waals surface area (Å²) in [4.78, 5) is 11.3. The van der Waals surface area contributed by atoms with E-state index < -0.39 is 0 Å². The van der Waals surface area contributed by atoms with E-state index >= 15 is 0 Å². The molecule has 0 saturated carbocycles. The van der Waals surface area contributed by atoms with E-state index in [-0.39, 0.29) is 11.8 Å². The first kappa shape index (κ1) is 22.2. The Labute approximate surface area is 189 Å². The lowest BCUT2D eigenvalue weighted by Gasteiger charge is -2.33. The number of nitrogens with zero attached hydrogens (tertiary/aromatic N) is 3. The first-order valence-electron chi connectivity index (χ1n) is 11.2. The van der Waals surface area contributed by atoms with Crippen LogP contribution in [-0.4, -0.2) is 34.6 Å². The van der Waals surface area contributed by atoms with Gasteiger partial charge in [-0.15, -0.1) is 0 Å². The first-order chi connectivity index (χ1) is 15.6. The Morgan fingerprint density at radius 2 is 1.88 bits per heavy atom. The summed E-state index contributed by atoms with van der Waals surface area (Å²) in [5.74, 6) is 0.310. The Bertz CT molecular complexity index is 1070. The van der Waals surface area contributed by atoms with Gasteiger partial charge in [0.25, 0.3) is 0 Å². The maximum atomic E-state index is 14.3. The molecule has 6 heteroatoms. The Morgan fingerprint density at radius 1 is 1.06 bits per heavy atom. The standard InChI is InChI=1S/C26H30FN3O2/c1-18-9-6-7-14-30(18)16-21-15-28-26(29-25(21)31-3)32-17-20-10-8-12-22(19(20)2)23-11-4-5-13-24(23)27/h4-5,8,10-13,15,18H,6-7,9,14,16-17H2,1-3H3/t18-/m1/s1. The van der Waals surface area contributed by atoms with E-state index in [9.17, 15) is 4.39 Å². The van der Waals surface area contributed by atoms with Crippen LogP contribution in [0.5, 0.6) is 11.9 Å². The second-order valence-corrected chi connectivity index (χ2v) is 8.36. The second-order valence-electron chi connectivity index (χ2n) is 8.36. The van der Waals surface area contributed by atoms with Gasteiger partial charge in [-0.25, -0.2) is 9.37 Å². The minimum atomic E-state index is -0.236. The van der Waals surface area contributed by atoms with E-state index in [0.717, 1.165) is 35.3 Å². The minimum Gasteiger partial charge on any atom is -0.481 e. The number of methoxy groups -OCH3 is 1. The van der Waals surface area contributed by atoms with Gasteiger partial charge in [-0.2, -0.15) is 4.98 Å². The van der Waals surface area contributed by atoms with Crippen LogP contribution in [0.4, 0.5) is 4.39 Å². The van der Waals surface area contributed by atoms with Gasteiger partial charge in [-0.3, -0.25) is 4.90 Å². The van der Waals surface area contributed by atoms with Gasteiger partial charge in [0, 0.05) is 29.9 Å². The summed E-state index contributed by atoms with van der Waals surface area (Å²) in [5, 5.41) is 0. The van der Waals surface area contributed by atoms with Crippen molar-refractivity contribution in [1.82, 2.24) is 14.9 Å². The van der Waals surface area contributed by atoms with Crippen LogP contribution in [0.1, 0.15) is 42.9 Å². The molecule has 1 aliphatic rings. The van der Waals surface area contributed by atoms with Crippen LogP contribution < -0.4 is 9.47 Å². The topological polar surface area (TPSA) is 47.5 Å². The van der Waals surface area contributed by atoms with E-state index in [4.69, 9.17) is 9.47 Å². The molecule has 0 N–H and O–H groups in total. The highest BCUT2D eigenvalue weighted by atomic mass is 19.1. The lowest BCUT2D eigenvalue weighted by Crippen LogP contribution is -2.36. The SMILES string of the molecule is COc1nc(OCc2cccc(-c3ccccc3F)c2C)ncc1CN1CCCC[C@H]1C. The zero-order valence-electron chi connectivity index (χ0n) is 19.0. The van der Waals surface area contributed by atoms with E-state index in [1.807, 2.05) is 31.2 Å². The summed E-state index contributed by atoms with van der Waals surface area (Å²) < 4.78 is 25.7. The molecule has 0 aliphatic carbocycles. The van der Waals surface area contributed by atoms with Crippen molar-refractivity contribution >= 4 is 0 Å². The predicted molar refractivity (Wildman–Crippen MR) is 123 cm³/mol. The lowest BCUT2D eigenvalue weighted by atomic mass is 9.96. The Hall–Kier alpha value is -2.99. The molecule has 0 unspecified atom stereocenters. The minimum absolute atomic E-state index is 0.236. The molecule has 1 aliphatic heterocycles. The molecule has 0 spiro atoms. The van der Waals surface area contributed by atoms with Gasteiger partial charge < -0.3 is 9.47 Å². The first-order valence-corrected chi connectivity index (χ1v) is 11.2. The van der Waals surface area contributed by atoms with Crippen molar-refractivity contribution < 1.29 is 13.9 Å². The van der Waals surface area contributed by atoms with Crippen molar-refractivity contribution in [2.45, 2.75) is 52.3 Å².